The number of amides is 1. The molecule has 1 N–H and O–H groups in total. The third kappa shape index (κ3) is 6.65. The number of piperidine rings is 1. The van der Waals surface area contributed by atoms with E-state index in [1.807, 2.05) is 13.0 Å². The van der Waals surface area contributed by atoms with Crippen LogP contribution in [-0.2, 0) is 4.79 Å². The third-order valence-electron chi connectivity index (χ3n) is 7.17. The predicted octanol–water partition coefficient (Wildman–Crippen LogP) is 5.69. The van der Waals surface area contributed by atoms with Gasteiger partial charge in [0.1, 0.15) is 11.6 Å². The number of aryl methyl sites for hydroxylation is 1. The number of rotatable bonds is 6. The first-order valence-electron chi connectivity index (χ1n) is 13.0. The van der Waals surface area contributed by atoms with Crippen LogP contribution in [-0.4, -0.2) is 59.4 Å². The number of aromatic nitrogens is 2. The SMILES string of the molecule is Cc1nc(N2CCC(N3CCCC3)CC2)nc2ccc(NC(=O)/C=C/c3ccc(OC(F)(F)F)cc3F)cc12. The van der Waals surface area contributed by atoms with Gasteiger partial charge in [0.2, 0.25) is 11.9 Å². The zero-order chi connectivity index (χ0) is 27.6. The summed E-state index contributed by atoms with van der Waals surface area (Å²) in [6.07, 6.45) is 2.16. The molecule has 2 aliphatic heterocycles. The minimum Gasteiger partial charge on any atom is -0.406 e. The number of carbonyl (C=O) groups is 1. The number of fused-ring (bicyclic) bond motifs is 1. The molecule has 206 valence electrons. The fourth-order valence-electron chi connectivity index (χ4n) is 5.21. The van der Waals surface area contributed by atoms with Gasteiger partial charge in [0, 0.05) is 47.9 Å². The molecule has 7 nitrogen and oxygen atoms in total. The van der Waals surface area contributed by atoms with E-state index in [1.54, 1.807) is 12.1 Å². The summed E-state index contributed by atoms with van der Waals surface area (Å²) in [6, 6.07) is 8.67. The summed E-state index contributed by atoms with van der Waals surface area (Å²) in [5.41, 5.74) is 2.03. The summed E-state index contributed by atoms with van der Waals surface area (Å²) in [5.74, 6) is -1.44. The Bertz CT molecular complexity index is 1380. The van der Waals surface area contributed by atoms with Crippen LogP contribution < -0.4 is 15.0 Å². The summed E-state index contributed by atoms with van der Waals surface area (Å²) in [4.78, 5) is 26.8. The average Bonchev–Trinajstić information content (AvgIpc) is 3.43. The maximum absolute atomic E-state index is 14.1. The number of halogens is 4. The van der Waals surface area contributed by atoms with Crippen LogP contribution >= 0.6 is 0 Å². The number of carbonyl (C=O) groups excluding carboxylic acids is 1. The van der Waals surface area contributed by atoms with Gasteiger partial charge in [-0.25, -0.2) is 14.4 Å². The first kappa shape index (κ1) is 26.9. The second kappa shape index (κ2) is 11.2. The molecule has 0 atom stereocenters. The zero-order valence-corrected chi connectivity index (χ0v) is 21.5. The molecule has 0 aliphatic carbocycles. The molecule has 11 heteroatoms. The van der Waals surface area contributed by atoms with Gasteiger partial charge < -0.3 is 19.9 Å². The van der Waals surface area contributed by atoms with Crippen molar-refractivity contribution in [3.05, 3.63) is 59.5 Å². The molecular formula is C28H29F4N5O2. The standard InChI is InChI=1S/C28H29F4N5O2/c1-18-23-16-20(34-26(38)9-5-19-4-7-22(17-24(19)29)39-28(30,31)32)6-8-25(23)35-27(33-18)37-14-10-21(11-15-37)36-12-2-3-13-36/h4-9,16-17,21H,2-3,10-15H2,1H3,(H,34,38)/b9-5+. The van der Waals surface area contributed by atoms with Crippen molar-refractivity contribution in [3.63, 3.8) is 0 Å². The summed E-state index contributed by atoms with van der Waals surface area (Å²) in [6.45, 7) is 6.16. The lowest BCUT2D eigenvalue weighted by molar-refractivity contribution is -0.274. The fourth-order valence-corrected chi connectivity index (χ4v) is 5.21. The minimum absolute atomic E-state index is 0.0561. The van der Waals surface area contributed by atoms with Crippen LogP contribution in [0.4, 0.5) is 29.2 Å². The van der Waals surface area contributed by atoms with Gasteiger partial charge in [-0.3, -0.25) is 4.79 Å². The van der Waals surface area contributed by atoms with E-state index in [9.17, 15) is 22.4 Å². The van der Waals surface area contributed by atoms with Gasteiger partial charge in [0.05, 0.1) is 11.2 Å². The summed E-state index contributed by atoms with van der Waals surface area (Å²) < 4.78 is 54.7. The van der Waals surface area contributed by atoms with Gasteiger partial charge in [0.25, 0.3) is 0 Å². The molecule has 0 bridgehead atoms. The van der Waals surface area contributed by atoms with Crippen LogP contribution in [0, 0.1) is 12.7 Å². The van der Waals surface area contributed by atoms with Gasteiger partial charge in [-0.05, 0) is 82.1 Å². The normalized spacial score (nSPS) is 17.3. The number of likely N-dealkylation sites (tertiary alicyclic amines) is 1. The number of nitrogens with zero attached hydrogens (tertiary/aromatic N) is 4. The smallest absolute Gasteiger partial charge is 0.406 e. The minimum atomic E-state index is -4.92. The summed E-state index contributed by atoms with van der Waals surface area (Å²) in [7, 11) is 0. The molecule has 2 aromatic carbocycles. The third-order valence-corrected chi connectivity index (χ3v) is 7.17. The molecule has 3 aromatic rings. The highest BCUT2D eigenvalue weighted by atomic mass is 19.4. The van der Waals surface area contributed by atoms with E-state index in [0.717, 1.165) is 60.7 Å². The van der Waals surface area contributed by atoms with Crippen LogP contribution in [0.1, 0.15) is 36.9 Å². The topological polar surface area (TPSA) is 70.6 Å². The van der Waals surface area contributed by atoms with Crippen LogP contribution in [0.15, 0.2) is 42.5 Å². The summed E-state index contributed by atoms with van der Waals surface area (Å²) >= 11 is 0. The van der Waals surface area contributed by atoms with Gasteiger partial charge >= 0.3 is 6.36 Å². The zero-order valence-electron chi connectivity index (χ0n) is 21.5. The Morgan fingerprint density at radius 1 is 1.05 bits per heavy atom. The number of nitrogens with one attached hydrogen (secondary N) is 1. The molecule has 3 heterocycles. The van der Waals surface area contributed by atoms with Gasteiger partial charge in [0.15, 0.2) is 0 Å². The molecule has 2 aliphatic rings. The van der Waals surface area contributed by atoms with Crippen molar-refractivity contribution in [1.29, 1.82) is 0 Å². The van der Waals surface area contributed by atoms with Crippen molar-refractivity contribution in [2.75, 3.05) is 36.4 Å². The second-order valence-corrected chi connectivity index (χ2v) is 9.86. The van der Waals surface area contributed by atoms with Crippen molar-refractivity contribution in [2.45, 2.75) is 45.0 Å². The lowest BCUT2D eigenvalue weighted by Gasteiger charge is -2.36. The predicted molar refractivity (Wildman–Crippen MR) is 141 cm³/mol. The Morgan fingerprint density at radius 2 is 1.79 bits per heavy atom. The molecule has 1 aromatic heterocycles. The molecule has 0 spiro atoms. The van der Waals surface area contributed by atoms with Gasteiger partial charge in [-0.1, -0.05) is 0 Å². The lowest BCUT2D eigenvalue weighted by Crippen LogP contribution is -2.44. The van der Waals surface area contributed by atoms with Crippen molar-refractivity contribution < 1.29 is 27.1 Å². The molecule has 0 radical (unpaired) electrons. The Balaban J connectivity index is 1.22. The highest BCUT2D eigenvalue weighted by Gasteiger charge is 2.31. The number of ether oxygens (including phenoxy) is 1. The molecule has 0 saturated carbocycles. The van der Waals surface area contributed by atoms with Gasteiger partial charge in [-0.2, -0.15) is 0 Å². The van der Waals surface area contributed by atoms with Crippen LogP contribution in [0.2, 0.25) is 0 Å². The Hall–Kier alpha value is -3.73. The molecule has 1 amide bonds. The van der Waals surface area contributed by atoms with Gasteiger partial charge in [-0.15, -0.1) is 13.2 Å². The maximum Gasteiger partial charge on any atom is 0.573 e. The number of benzene rings is 2. The van der Waals surface area contributed by atoms with Crippen molar-refractivity contribution in [1.82, 2.24) is 14.9 Å². The van der Waals surface area contributed by atoms with E-state index >= 15 is 0 Å². The second-order valence-electron chi connectivity index (χ2n) is 9.86. The average molecular weight is 544 g/mol. The maximum atomic E-state index is 14.1. The monoisotopic (exact) mass is 543 g/mol. The fraction of sp³-hybridized carbons (Fsp3) is 0.393. The largest absolute Gasteiger partial charge is 0.573 e. The quantitative estimate of drug-likeness (QED) is 0.318. The van der Waals surface area contributed by atoms with E-state index in [0.29, 0.717) is 23.7 Å². The molecule has 0 unspecified atom stereocenters. The molecule has 2 saturated heterocycles. The first-order valence-corrected chi connectivity index (χ1v) is 13.0. The van der Waals surface area contributed by atoms with Crippen LogP contribution in [0.25, 0.3) is 17.0 Å². The lowest BCUT2D eigenvalue weighted by atomic mass is 10.0. The Morgan fingerprint density at radius 3 is 2.49 bits per heavy atom. The Kier molecular flexibility index (Phi) is 7.69. The first-order chi connectivity index (χ1) is 18.6. The highest BCUT2D eigenvalue weighted by molar-refractivity contribution is 6.03. The number of hydrogen-bond acceptors (Lipinski definition) is 6. The molecular weight excluding hydrogens is 514 g/mol. The van der Waals surface area contributed by atoms with E-state index < -0.39 is 23.8 Å². The highest BCUT2D eigenvalue weighted by Crippen LogP contribution is 2.27. The molecule has 5 rings (SSSR count). The van der Waals surface area contributed by atoms with E-state index in [2.05, 4.69) is 19.9 Å². The van der Waals surface area contributed by atoms with Crippen molar-refractivity contribution in [3.8, 4) is 5.75 Å². The van der Waals surface area contributed by atoms with Crippen LogP contribution in [0.3, 0.4) is 0 Å². The molecule has 2 fully saturated rings. The number of alkyl halides is 3. The number of hydrogen-bond donors (Lipinski definition) is 1. The van der Waals surface area contributed by atoms with E-state index in [4.69, 9.17) is 9.97 Å². The summed E-state index contributed by atoms with van der Waals surface area (Å²) in [5, 5.41) is 3.52. The Labute approximate surface area is 223 Å². The van der Waals surface area contributed by atoms with Crippen molar-refractivity contribution >= 4 is 34.5 Å². The number of anilines is 2. The van der Waals surface area contributed by atoms with E-state index in [-0.39, 0.29) is 5.56 Å². The van der Waals surface area contributed by atoms with Crippen molar-refractivity contribution in [2.24, 2.45) is 0 Å². The van der Waals surface area contributed by atoms with E-state index in [1.165, 1.54) is 32.0 Å². The van der Waals surface area contributed by atoms with Crippen LogP contribution in [0.5, 0.6) is 5.75 Å². The molecule has 39 heavy (non-hydrogen) atoms.